The summed E-state index contributed by atoms with van der Waals surface area (Å²) < 4.78 is 18.0. The van der Waals surface area contributed by atoms with Crippen molar-refractivity contribution in [1.82, 2.24) is 5.32 Å². The van der Waals surface area contributed by atoms with E-state index >= 15 is 0 Å². The fraction of sp³-hybridized carbons (Fsp3) is 0.143. The zero-order chi connectivity index (χ0) is 19.4. The number of ether oxygens (including phenoxy) is 1. The van der Waals surface area contributed by atoms with Gasteiger partial charge in [-0.25, -0.2) is 9.18 Å². The smallest absolute Gasteiger partial charge is 0.333 e. The number of thiophene rings is 1. The Morgan fingerprint density at radius 2 is 1.74 bits per heavy atom. The van der Waals surface area contributed by atoms with Gasteiger partial charge in [0, 0.05) is 4.88 Å². The van der Waals surface area contributed by atoms with Crippen LogP contribution in [0.15, 0.2) is 60.7 Å². The van der Waals surface area contributed by atoms with Crippen LogP contribution in [0.5, 0.6) is 0 Å². The topological polar surface area (TPSA) is 55.4 Å². The van der Waals surface area contributed by atoms with Crippen LogP contribution in [-0.2, 0) is 9.53 Å². The van der Waals surface area contributed by atoms with E-state index in [0.717, 1.165) is 16.0 Å². The standard InChI is InChI=1S/C21H18FNO3S/c1-13-12-17(27-19(13)15-8-10-16(22)11-9-15)20(24)23-18(21(25)26-2)14-6-4-3-5-7-14/h3-12,18H,1-2H3,(H,23,24). The van der Waals surface area contributed by atoms with Crippen LogP contribution in [-0.4, -0.2) is 19.0 Å². The number of amides is 1. The SMILES string of the molecule is COC(=O)C(NC(=O)c1cc(C)c(-c2ccc(F)cc2)s1)c1ccccc1. The van der Waals surface area contributed by atoms with E-state index in [9.17, 15) is 14.0 Å². The second-order valence-corrected chi connectivity index (χ2v) is 7.02. The highest BCUT2D eigenvalue weighted by Gasteiger charge is 2.25. The van der Waals surface area contributed by atoms with Gasteiger partial charge in [-0.05, 0) is 41.8 Å². The first-order valence-electron chi connectivity index (χ1n) is 8.29. The summed E-state index contributed by atoms with van der Waals surface area (Å²) in [6.45, 7) is 1.89. The van der Waals surface area contributed by atoms with Crippen molar-refractivity contribution in [2.45, 2.75) is 13.0 Å². The predicted molar refractivity (Wildman–Crippen MR) is 103 cm³/mol. The highest BCUT2D eigenvalue weighted by Crippen LogP contribution is 2.32. The first-order chi connectivity index (χ1) is 13.0. The fourth-order valence-corrected chi connectivity index (χ4v) is 3.81. The van der Waals surface area contributed by atoms with Crippen LogP contribution in [0.2, 0.25) is 0 Å². The third-order valence-corrected chi connectivity index (χ3v) is 5.38. The minimum atomic E-state index is -0.889. The number of esters is 1. The Hall–Kier alpha value is -2.99. The molecule has 1 N–H and O–H groups in total. The molecule has 27 heavy (non-hydrogen) atoms. The molecular formula is C21H18FNO3S. The Morgan fingerprint density at radius 3 is 2.37 bits per heavy atom. The van der Waals surface area contributed by atoms with Crippen molar-refractivity contribution in [2.24, 2.45) is 0 Å². The van der Waals surface area contributed by atoms with Crippen LogP contribution >= 0.6 is 11.3 Å². The van der Waals surface area contributed by atoms with Crippen LogP contribution in [0.1, 0.15) is 26.8 Å². The summed E-state index contributed by atoms with van der Waals surface area (Å²) in [6.07, 6.45) is 0. The van der Waals surface area contributed by atoms with Crippen molar-refractivity contribution in [2.75, 3.05) is 7.11 Å². The number of methoxy groups -OCH3 is 1. The van der Waals surface area contributed by atoms with Gasteiger partial charge in [0.15, 0.2) is 6.04 Å². The van der Waals surface area contributed by atoms with E-state index in [2.05, 4.69) is 5.32 Å². The molecule has 1 unspecified atom stereocenters. The van der Waals surface area contributed by atoms with Crippen molar-refractivity contribution < 1.29 is 18.7 Å². The summed E-state index contributed by atoms with van der Waals surface area (Å²) in [5, 5.41) is 2.74. The van der Waals surface area contributed by atoms with Gasteiger partial charge in [0.05, 0.1) is 12.0 Å². The quantitative estimate of drug-likeness (QED) is 0.660. The first kappa shape index (κ1) is 18.8. The third kappa shape index (κ3) is 4.23. The lowest BCUT2D eigenvalue weighted by Gasteiger charge is -2.16. The van der Waals surface area contributed by atoms with Crippen LogP contribution in [0.4, 0.5) is 4.39 Å². The summed E-state index contributed by atoms with van der Waals surface area (Å²) in [7, 11) is 1.28. The highest BCUT2D eigenvalue weighted by atomic mass is 32.1. The van der Waals surface area contributed by atoms with E-state index in [0.29, 0.717) is 10.4 Å². The minimum absolute atomic E-state index is 0.310. The number of aryl methyl sites for hydroxylation is 1. The van der Waals surface area contributed by atoms with Crippen molar-refractivity contribution >= 4 is 23.2 Å². The molecule has 0 aliphatic rings. The maximum atomic E-state index is 13.1. The van der Waals surface area contributed by atoms with Gasteiger partial charge in [-0.1, -0.05) is 42.5 Å². The Balaban J connectivity index is 1.86. The van der Waals surface area contributed by atoms with Crippen molar-refractivity contribution in [1.29, 1.82) is 0 Å². The molecule has 1 heterocycles. The number of nitrogens with one attached hydrogen (secondary N) is 1. The molecule has 138 valence electrons. The Labute approximate surface area is 160 Å². The number of carbonyl (C=O) groups is 2. The van der Waals surface area contributed by atoms with Crippen molar-refractivity contribution in [3.8, 4) is 10.4 Å². The minimum Gasteiger partial charge on any atom is -0.467 e. The first-order valence-corrected chi connectivity index (χ1v) is 9.11. The highest BCUT2D eigenvalue weighted by molar-refractivity contribution is 7.17. The molecule has 3 aromatic rings. The molecule has 3 rings (SSSR count). The number of hydrogen-bond donors (Lipinski definition) is 1. The molecule has 0 fully saturated rings. The summed E-state index contributed by atoms with van der Waals surface area (Å²) in [5.41, 5.74) is 2.39. The van der Waals surface area contributed by atoms with Crippen LogP contribution in [0.25, 0.3) is 10.4 Å². The molecule has 6 heteroatoms. The van der Waals surface area contributed by atoms with Crippen LogP contribution < -0.4 is 5.32 Å². The molecule has 4 nitrogen and oxygen atoms in total. The number of carbonyl (C=O) groups excluding carboxylic acids is 2. The maximum Gasteiger partial charge on any atom is 0.333 e. The molecule has 0 aliphatic carbocycles. The van der Waals surface area contributed by atoms with Gasteiger partial charge < -0.3 is 10.1 Å². The summed E-state index contributed by atoms with van der Waals surface area (Å²) in [6, 6.07) is 15.9. The van der Waals surface area contributed by atoms with E-state index < -0.39 is 12.0 Å². The molecule has 0 bridgehead atoms. The summed E-state index contributed by atoms with van der Waals surface area (Å²) in [4.78, 5) is 26.2. The van der Waals surface area contributed by atoms with Gasteiger partial charge in [0.2, 0.25) is 0 Å². The van der Waals surface area contributed by atoms with Gasteiger partial charge in [-0.3, -0.25) is 4.79 Å². The Morgan fingerprint density at radius 1 is 1.07 bits per heavy atom. The molecule has 1 aromatic heterocycles. The fourth-order valence-electron chi connectivity index (χ4n) is 2.73. The van der Waals surface area contributed by atoms with E-state index in [4.69, 9.17) is 4.74 Å². The maximum absolute atomic E-state index is 13.1. The average molecular weight is 383 g/mol. The average Bonchev–Trinajstić information content (AvgIpc) is 3.08. The zero-order valence-electron chi connectivity index (χ0n) is 14.9. The molecule has 0 spiro atoms. The normalized spacial score (nSPS) is 11.7. The molecule has 0 saturated carbocycles. The van der Waals surface area contributed by atoms with Gasteiger partial charge >= 0.3 is 5.97 Å². The third-order valence-electron chi connectivity index (χ3n) is 4.09. The molecule has 2 aromatic carbocycles. The second-order valence-electron chi connectivity index (χ2n) is 5.97. The Kier molecular flexibility index (Phi) is 5.66. The summed E-state index contributed by atoms with van der Waals surface area (Å²) in [5.74, 6) is -1.22. The molecular weight excluding hydrogens is 365 g/mol. The van der Waals surface area contributed by atoms with E-state index in [-0.39, 0.29) is 11.7 Å². The lowest BCUT2D eigenvalue weighted by Crippen LogP contribution is -2.34. The molecule has 0 radical (unpaired) electrons. The zero-order valence-corrected chi connectivity index (χ0v) is 15.7. The lowest BCUT2D eigenvalue weighted by atomic mass is 10.1. The molecule has 1 atom stereocenters. The number of hydrogen-bond acceptors (Lipinski definition) is 4. The number of benzene rings is 2. The van der Waals surface area contributed by atoms with Crippen molar-refractivity contribution in [3.63, 3.8) is 0 Å². The van der Waals surface area contributed by atoms with Gasteiger partial charge in [-0.2, -0.15) is 0 Å². The van der Waals surface area contributed by atoms with E-state index in [1.165, 1.54) is 30.6 Å². The van der Waals surface area contributed by atoms with Gasteiger partial charge in [-0.15, -0.1) is 11.3 Å². The lowest BCUT2D eigenvalue weighted by molar-refractivity contribution is -0.143. The van der Waals surface area contributed by atoms with Gasteiger partial charge in [0.1, 0.15) is 5.82 Å². The van der Waals surface area contributed by atoms with Crippen molar-refractivity contribution in [3.05, 3.63) is 82.5 Å². The number of halogens is 1. The molecule has 0 saturated heterocycles. The van der Waals surface area contributed by atoms with Gasteiger partial charge in [0.25, 0.3) is 5.91 Å². The van der Waals surface area contributed by atoms with E-state index in [1.807, 2.05) is 13.0 Å². The molecule has 1 amide bonds. The Bertz CT molecular complexity index is 951. The largest absolute Gasteiger partial charge is 0.467 e. The number of rotatable bonds is 5. The predicted octanol–water partition coefficient (Wildman–Crippen LogP) is 4.51. The van der Waals surface area contributed by atoms with Crippen LogP contribution in [0.3, 0.4) is 0 Å². The second kappa shape index (κ2) is 8.14. The monoisotopic (exact) mass is 383 g/mol. The van der Waals surface area contributed by atoms with E-state index in [1.54, 1.807) is 42.5 Å². The van der Waals surface area contributed by atoms with Crippen LogP contribution in [0, 0.1) is 12.7 Å². The molecule has 0 aliphatic heterocycles. The summed E-state index contributed by atoms with van der Waals surface area (Å²) >= 11 is 1.30.